The maximum absolute atomic E-state index is 12.3. The topological polar surface area (TPSA) is 144 Å². The predicted octanol–water partition coefficient (Wildman–Crippen LogP) is 7.03. The van der Waals surface area contributed by atoms with Crippen LogP contribution in [-0.2, 0) is 28.7 Å². The number of hydrogen-bond acceptors (Lipinski definition) is 8. The van der Waals surface area contributed by atoms with Crippen molar-refractivity contribution in [3.63, 3.8) is 0 Å². The van der Waals surface area contributed by atoms with Crippen LogP contribution in [0.15, 0.2) is 0 Å². The Morgan fingerprint density at radius 1 is 0.882 bits per heavy atom. The minimum absolute atomic E-state index is 0.0224. The van der Waals surface area contributed by atoms with E-state index in [2.05, 4.69) is 46.9 Å². The maximum Gasteiger partial charge on any atom is 0.322 e. The van der Waals surface area contributed by atoms with E-state index >= 15 is 0 Å². The van der Waals surface area contributed by atoms with Gasteiger partial charge in [0.15, 0.2) is 18.2 Å². The SMILES string of the molecule is C[C@H](CCC(=O)NCC(=O)O)[C@H]1CC[C@H]2[C@@H]3[C@H](O)C[C@@H]4C[C@H](O[C@H]5OC6O[C@@H](C)CC[C@H]7[C@H](C)CCC([C@H]5C)[C@@]67OO)CC[C@]4(C)[C@H]3CC[C@]12C. The second kappa shape index (κ2) is 14.4. The van der Waals surface area contributed by atoms with Gasteiger partial charge in [0, 0.05) is 18.3 Å². The van der Waals surface area contributed by atoms with E-state index in [1.165, 1.54) is 0 Å². The number of ether oxygens (including phenoxy) is 3. The molecule has 2 unspecified atom stereocenters. The Morgan fingerprint density at radius 3 is 2.33 bits per heavy atom. The maximum atomic E-state index is 12.3. The van der Waals surface area contributed by atoms with Crippen LogP contribution in [0, 0.1) is 70.0 Å². The van der Waals surface area contributed by atoms with Gasteiger partial charge in [-0.05, 0) is 149 Å². The average molecular weight is 718 g/mol. The number of amides is 1. The van der Waals surface area contributed by atoms with Crippen LogP contribution in [0.25, 0.3) is 0 Å². The van der Waals surface area contributed by atoms with Gasteiger partial charge in [-0.3, -0.25) is 14.8 Å². The molecule has 5 saturated carbocycles. The van der Waals surface area contributed by atoms with E-state index in [0.717, 1.165) is 83.5 Å². The first-order valence-corrected chi connectivity index (χ1v) is 20.7. The summed E-state index contributed by atoms with van der Waals surface area (Å²) in [6.07, 6.45) is 12.2. The highest BCUT2D eigenvalue weighted by molar-refractivity contribution is 5.81. The van der Waals surface area contributed by atoms with Gasteiger partial charge in [-0.1, -0.05) is 34.6 Å². The lowest BCUT2D eigenvalue weighted by atomic mass is 9.43. The summed E-state index contributed by atoms with van der Waals surface area (Å²) in [6, 6.07) is 0. The molecule has 2 heterocycles. The molecule has 4 N–H and O–H groups in total. The zero-order valence-electron chi connectivity index (χ0n) is 32.1. The lowest BCUT2D eigenvalue weighted by molar-refractivity contribution is -0.462. The lowest BCUT2D eigenvalue weighted by Crippen LogP contribution is -2.68. The highest BCUT2D eigenvalue weighted by Gasteiger charge is 2.66. The third kappa shape index (κ3) is 6.41. The minimum Gasteiger partial charge on any atom is -0.480 e. The van der Waals surface area contributed by atoms with Crippen LogP contribution in [0.4, 0.5) is 0 Å². The third-order valence-electron chi connectivity index (χ3n) is 16.9. The fraction of sp³-hybridized carbons (Fsp3) is 0.951. The standard InChI is InChI=1S/C41H67NO9/c1-22(8-14-34(44)42-21-35(45)46)28-12-13-31-36-32(16-18-40(28,31)6)39(5)17-15-27(19-26(39)20-33(36)43)49-37-25(4)30-10-7-23(2)29-11-9-24(3)48-38(50-37)41(29,30)51-47/h22-33,36-38,43,47H,7-21H2,1-6H3,(H,42,44)(H,45,46)/t22-,23-,24+,25-,26+,27-,28-,29+,30?,31+,32+,33-,36+,37+,38?,39+,40-,41-/m1/s1. The van der Waals surface area contributed by atoms with Crippen LogP contribution >= 0.6 is 0 Å². The number of carboxylic acids is 1. The van der Waals surface area contributed by atoms with Crippen molar-refractivity contribution in [2.75, 3.05) is 6.54 Å². The van der Waals surface area contributed by atoms with E-state index in [1.807, 2.05) is 0 Å². The molecule has 18 atom stereocenters. The normalized spacial score (nSPS) is 51.2. The predicted molar refractivity (Wildman–Crippen MR) is 190 cm³/mol. The van der Waals surface area contributed by atoms with Crippen LogP contribution < -0.4 is 5.32 Å². The monoisotopic (exact) mass is 717 g/mol. The minimum atomic E-state index is -1.02. The molecule has 2 aliphatic heterocycles. The smallest absolute Gasteiger partial charge is 0.322 e. The first kappa shape index (κ1) is 38.0. The summed E-state index contributed by atoms with van der Waals surface area (Å²) in [5.74, 6) is 2.12. The van der Waals surface area contributed by atoms with Gasteiger partial charge in [0.25, 0.3) is 0 Å². The first-order valence-electron chi connectivity index (χ1n) is 20.7. The summed E-state index contributed by atoms with van der Waals surface area (Å²) < 4.78 is 20.2. The van der Waals surface area contributed by atoms with Gasteiger partial charge >= 0.3 is 5.97 Å². The number of aliphatic hydroxyl groups is 1. The van der Waals surface area contributed by atoms with Gasteiger partial charge in [-0.25, -0.2) is 4.89 Å². The zero-order valence-corrected chi connectivity index (χ0v) is 32.1. The Kier molecular flexibility index (Phi) is 10.7. The molecule has 51 heavy (non-hydrogen) atoms. The van der Waals surface area contributed by atoms with Crippen molar-refractivity contribution in [1.29, 1.82) is 0 Å². The number of fused-ring (bicyclic) bond motifs is 5. The van der Waals surface area contributed by atoms with E-state index < -0.39 is 24.2 Å². The molecule has 0 aromatic carbocycles. The average Bonchev–Trinajstić information content (AvgIpc) is 3.37. The summed E-state index contributed by atoms with van der Waals surface area (Å²) in [5, 5.41) is 34.0. The van der Waals surface area contributed by atoms with Crippen molar-refractivity contribution in [3.8, 4) is 0 Å². The molecule has 10 nitrogen and oxygen atoms in total. The summed E-state index contributed by atoms with van der Waals surface area (Å²) >= 11 is 0. The Balaban J connectivity index is 1.00. The van der Waals surface area contributed by atoms with Gasteiger partial charge in [0.2, 0.25) is 5.91 Å². The van der Waals surface area contributed by atoms with Crippen molar-refractivity contribution in [1.82, 2.24) is 5.32 Å². The van der Waals surface area contributed by atoms with Crippen LogP contribution in [0.5, 0.6) is 0 Å². The molecular weight excluding hydrogens is 650 g/mol. The van der Waals surface area contributed by atoms with E-state index in [4.69, 9.17) is 24.2 Å². The molecule has 0 spiro atoms. The molecule has 0 radical (unpaired) electrons. The third-order valence-corrected chi connectivity index (χ3v) is 16.9. The molecule has 7 aliphatic rings. The number of nitrogens with one attached hydrogen (secondary N) is 1. The molecule has 7 rings (SSSR count). The molecular formula is C41H67NO9. The van der Waals surface area contributed by atoms with E-state index in [-0.39, 0.29) is 59.3 Å². The number of carboxylic acid groups (broad SMARTS) is 1. The number of carbonyl (C=O) groups excluding carboxylic acids is 1. The van der Waals surface area contributed by atoms with Gasteiger partial charge in [0.1, 0.15) is 6.54 Å². The summed E-state index contributed by atoms with van der Waals surface area (Å²) in [6.45, 7) is 13.5. The largest absolute Gasteiger partial charge is 0.480 e. The number of rotatable bonds is 9. The molecule has 10 heteroatoms. The fourth-order valence-electron chi connectivity index (χ4n) is 14.1. The van der Waals surface area contributed by atoms with Crippen molar-refractivity contribution < 1.29 is 44.2 Å². The Hall–Kier alpha value is -1.30. The highest BCUT2D eigenvalue weighted by Crippen LogP contribution is 2.69. The fourth-order valence-corrected chi connectivity index (χ4v) is 14.1. The summed E-state index contributed by atoms with van der Waals surface area (Å²) in [7, 11) is 0. The van der Waals surface area contributed by atoms with Crippen LogP contribution in [0.3, 0.4) is 0 Å². The second-order valence-corrected chi connectivity index (χ2v) is 19.2. The molecule has 290 valence electrons. The molecule has 0 aromatic rings. The molecule has 7 fully saturated rings. The first-order chi connectivity index (χ1) is 24.2. The van der Waals surface area contributed by atoms with Gasteiger partial charge < -0.3 is 29.7 Å². The van der Waals surface area contributed by atoms with Gasteiger partial charge in [-0.2, -0.15) is 0 Å². The van der Waals surface area contributed by atoms with E-state index in [1.54, 1.807) is 0 Å². The van der Waals surface area contributed by atoms with Crippen molar-refractivity contribution in [2.24, 2.45) is 70.0 Å². The molecule has 0 aromatic heterocycles. The summed E-state index contributed by atoms with van der Waals surface area (Å²) in [4.78, 5) is 28.7. The molecule has 2 saturated heterocycles. The Bertz CT molecular complexity index is 1280. The van der Waals surface area contributed by atoms with E-state index in [9.17, 15) is 20.0 Å². The highest BCUT2D eigenvalue weighted by atomic mass is 17.1. The van der Waals surface area contributed by atoms with Crippen molar-refractivity contribution >= 4 is 11.9 Å². The van der Waals surface area contributed by atoms with Crippen LogP contribution in [-0.4, -0.2) is 70.4 Å². The second-order valence-electron chi connectivity index (χ2n) is 19.2. The Morgan fingerprint density at radius 2 is 1.59 bits per heavy atom. The Labute approximate surface area is 305 Å². The van der Waals surface area contributed by atoms with Crippen molar-refractivity contribution in [2.45, 2.75) is 168 Å². The van der Waals surface area contributed by atoms with Crippen LogP contribution in [0.1, 0.15) is 131 Å². The van der Waals surface area contributed by atoms with E-state index in [0.29, 0.717) is 47.8 Å². The molecule has 0 bridgehead atoms. The number of hydrogen-bond donors (Lipinski definition) is 4. The zero-order chi connectivity index (χ0) is 36.5. The number of aliphatic carboxylic acids is 1. The quantitative estimate of drug-likeness (QED) is 0.112. The van der Waals surface area contributed by atoms with Crippen LogP contribution in [0.2, 0.25) is 0 Å². The molecule has 1 amide bonds. The molecule has 5 aliphatic carbocycles. The van der Waals surface area contributed by atoms with Gasteiger partial charge in [0.05, 0.1) is 18.3 Å². The van der Waals surface area contributed by atoms with Crippen molar-refractivity contribution in [3.05, 3.63) is 0 Å². The summed E-state index contributed by atoms with van der Waals surface area (Å²) in [5.41, 5.74) is -0.543. The number of aliphatic hydroxyl groups excluding tert-OH is 1. The van der Waals surface area contributed by atoms with Gasteiger partial charge in [-0.15, -0.1) is 0 Å². The lowest BCUT2D eigenvalue weighted by Gasteiger charge is -2.63. The number of carbonyl (C=O) groups is 2.